The summed E-state index contributed by atoms with van der Waals surface area (Å²) in [5, 5.41) is 28.5. The number of carboxylic acid groups (broad SMARTS) is 3. The van der Waals surface area contributed by atoms with Crippen molar-refractivity contribution >= 4 is 17.9 Å². The van der Waals surface area contributed by atoms with Crippen molar-refractivity contribution in [1.29, 1.82) is 0 Å². The van der Waals surface area contributed by atoms with Crippen LogP contribution in [0.2, 0.25) is 0 Å². The van der Waals surface area contributed by atoms with E-state index in [2.05, 4.69) is 36.4 Å². The van der Waals surface area contributed by atoms with Crippen LogP contribution >= 0.6 is 0 Å². The van der Waals surface area contributed by atoms with Gasteiger partial charge in [0.1, 0.15) is 0 Å². The summed E-state index contributed by atoms with van der Waals surface area (Å²) >= 11 is 0. The summed E-state index contributed by atoms with van der Waals surface area (Å²) in [6.07, 6.45) is 0. The summed E-state index contributed by atoms with van der Waals surface area (Å²) in [4.78, 5) is 34.7. The molecule has 0 aliphatic rings. The zero-order chi connectivity index (χ0) is 35.5. The topological polar surface area (TPSA) is 112 Å². The lowest BCUT2D eigenvalue weighted by Gasteiger charge is -2.18. The van der Waals surface area contributed by atoms with Gasteiger partial charge in [0, 0.05) is 0 Å². The van der Waals surface area contributed by atoms with Crippen molar-refractivity contribution in [2.75, 3.05) is 0 Å². The molecule has 7 aromatic carbocycles. The standard InChI is InChI=1S/C45H30O6/c46-43(47)31-19-13-28(14-20-31)37-7-1-4-10-40(37)34-25-35(41-11-5-2-8-38(41)29-15-21-32(22-16-29)44(48)49)27-36(26-34)42-12-6-3-9-39(42)30-17-23-33(24-18-30)45(50)51/h1-27H,(H,46,47)(H,48,49)(H,50,51). The average molecular weight is 667 g/mol. The van der Waals surface area contributed by atoms with Crippen molar-refractivity contribution in [1.82, 2.24) is 0 Å². The van der Waals surface area contributed by atoms with Gasteiger partial charge in [0.2, 0.25) is 0 Å². The lowest BCUT2D eigenvalue weighted by molar-refractivity contribution is 0.0686. The molecule has 0 amide bonds. The van der Waals surface area contributed by atoms with Gasteiger partial charge in [0.15, 0.2) is 0 Å². The van der Waals surface area contributed by atoms with Crippen LogP contribution in [-0.4, -0.2) is 33.2 Å². The molecule has 51 heavy (non-hydrogen) atoms. The van der Waals surface area contributed by atoms with E-state index in [4.69, 9.17) is 0 Å². The quantitative estimate of drug-likeness (QED) is 0.141. The molecule has 7 rings (SSSR count). The van der Waals surface area contributed by atoms with Crippen LogP contribution in [0, 0.1) is 0 Å². The minimum Gasteiger partial charge on any atom is -0.478 e. The number of carboxylic acids is 3. The molecule has 246 valence electrons. The van der Waals surface area contributed by atoms with Crippen LogP contribution in [0.3, 0.4) is 0 Å². The minimum atomic E-state index is -0.986. The van der Waals surface area contributed by atoms with Gasteiger partial charge in [-0.05, 0) is 121 Å². The molecule has 0 saturated heterocycles. The predicted molar refractivity (Wildman–Crippen MR) is 200 cm³/mol. The predicted octanol–water partition coefficient (Wildman–Crippen LogP) is 10.8. The summed E-state index contributed by atoms with van der Waals surface area (Å²) in [7, 11) is 0. The molecule has 0 unspecified atom stereocenters. The van der Waals surface area contributed by atoms with Crippen molar-refractivity contribution in [2.24, 2.45) is 0 Å². The van der Waals surface area contributed by atoms with E-state index in [0.29, 0.717) is 0 Å². The van der Waals surface area contributed by atoms with Crippen molar-refractivity contribution in [3.8, 4) is 66.8 Å². The minimum absolute atomic E-state index is 0.210. The molecular weight excluding hydrogens is 636 g/mol. The maximum absolute atomic E-state index is 11.6. The number of hydrogen-bond donors (Lipinski definition) is 3. The summed E-state index contributed by atoms with van der Waals surface area (Å²) in [6, 6.07) is 51.0. The third kappa shape index (κ3) is 6.67. The SMILES string of the molecule is O=C(O)c1ccc(-c2ccccc2-c2cc(-c3ccccc3-c3ccc(C(=O)O)cc3)cc(-c3ccccc3-c3ccc(C(=O)O)cc3)c2)cc1. The van der Waals surface area contributed by atoms with Gasteiger partial charge < -0.3 is 15.3 Å². The van der Waals surface area contributed by atoms with Crippen LogP contribution in [-0.2, 0) is 0 Å². The molecule has 3 N–H and O–H groups in total. The molecule has 0 bridgehead atoms. The second-order valence-electron chi connectivity index (χ2n) is 12.1. The van der Waals surface area contributed by atoms with E-state index >= 15 is 0 Å². The number of carbonyl (C=O) groups is 3. The number of rotatable bonds is 9. The van der Waals surface area contributed by atoms with Gasteiger partial charge in [0.05, 0.1) is 16.7 Å². The monoisotopic (exact) mass is 666 g/mol. The first-order valence-electron chi connectivity index (χ1n) is 16.2. The molecule has 0 fully saturated rings. The van der Waals surface area contributed by atoms with Gasteiger partial charge in [-0.2, -0.15) is 0 Å². The van der Waals surface area contributed by atoms with E-state index in [1.54, 1.807) is 36.4 Å². The van der Waals surface area contributed by atoms with Crippen molar-refractivity contribution in [3.63, 3.8) is 0 Å². The highest BCUT2D eigenvalue weighted by molar-refractivity contribution is 5.96. The van der Waals surface area contributed by atoms with E-state index in [0.717, 1.165) is 66.8 Å². The molecule has 0 spiro atoms. The number of hydrogen-bond acceptors (Lipinski definition) is 3. The molecule has 0 heterocycles. The molecule has 0 atom stereocenters. The highest BCUT2D eigenvalue weighted by atomic mass is 16.4. The zero-order valence-electron chi connectivity index (χ0n) is 27.2. The van der Waals surface area contributed by atoms with Crippen LogP contribution in [0.15, 0.2) is 164 Å². The fourth-order valence-electron chi connectivity index (χ4n) is 6.43. The summed E-state index contributed by atoms with van der Waals surface area (Å²) in [5.41, 5.74) is 11.7. The summed E-state index contributed by atoms with van der Waals surface area (Å²) in [6.45, 7) is 0. The van der Waals surface area contributed by atoms with Gasteiger partial charge in [-0.1, -0.05) is 109 Å². The Kier molecular flexibility index (Phi) is 8.81. The van der Waals surface area contributed by atoms with E-state index in [1.165, 1.54) is 0 Å². The molecule has 0 aliphatic carbocycles. The highest BCUT2D eigenvalue weighted by Gasteiger charge is 2.17. The first-order chi connectivity index (χ1) is 24.8. The van der Waals surface area contributed by atoms with E-state index in [1.807, 2.05) is 91.0 Å². The average Bonchev–Trinajstić information content (AvgIpc) is 3.18. The van der Waals surface area contributed by atoms with Crippen LogP contribution in [0.4, 0.5) is 0 Å². The molecule has 0 radical (unpaired) electrons. The zero-order valence-corrected chi connectivity index (χ0v) is 27.2. The van der Waals surface area contributed by atoms with Crippen molar-refractivity contribution in [2.45, 2.75) is 0 Å². The molecule has 0 saturated carbocycles. The van der Waals surface area contributed by atoms with Gasteiger partial charge in [-0.25, -0.2) is 14.4 Å². The fourth-order valence-corrected chi connectivity index (χ4v) is 6.43. The number of aromatic carboxylic acids is 3. The third-order valence-electron chi connectivity index (χ3n) is 8.98. The molecule has 6 nitrogen and oxygen atoms in total. The van der Waals surface area contributed by atoms with Gasteiger partial charge in [0.25, 0.3) is 0 Å². The maximum atomic E-state index is 11.6. The van der Waals surface area contributed by atoms with E-state index < -0.39 is 17.9 Å². The Labute approximate surface area is 294 Å². The van der Waals surface area contributed by atoms with Crippen molar-refractivity contribution < 1.29 is 29.7 Å². The first-order valence-corrected chi connectivity index (χ1v) is 16.2. The Morgan fingerprint density at radius 2 is 0.471 bits per heavy atom. The molecule has 6 heteroatoms. The first kappa shape index (κ1) is 32.5. The summed E-state index contributed by atoms with van der Waals surface area (Å²) < 4.78 is 0. The Morgan fingerprint density at radius 3 is 0.667 bits per heavy atom. The lowest BCUT2D eigenvalue weighted by atomic mass is 9.86. The van der Waals surface area contributed by atoms with E-state index in [9.17, 15) is 29.7 Å². The van der Waals surface area contributed by atoms with Gasteiger partial charge in [-0.3, -0.25) is 0 Å². The maximum Gasteiger partial charge on any atom is 0.335 e. The Balaban J connectivity index is 1.45. The molecule has 7 aromatic rings. The smallest absolute Gasteiger partial charge is 0.335 e. The Hall–Kier alpha value is -7.05. The Morgan fingerprint density at radius 1 is 0.275 bits per heavy atom. The lowest BCUT2D eigenvalue weighted by Crippen LogP contribution is -1.96. The second kappa shape index (κ2) is 13.8. The van der Waals surface area contributed by atoms with E-state index in [-0.39, 0.29) is 16.7 Å². The van der Waals surface area contributed by atoms with Crippen LogP contribution in [0.25, 0.3) is 66.8 Å². The van der Waals surface area contributed by atoms with Crippen LogP contribution < -0.4 is 0 Å². The highest BCUT2D eigenvalue weighted by Crippen LogP contribution is 2.42. The third-order valence-corrected chi connectivity index (χ3v) is 8.98. The van der Waals surface area contributed by atoms with Crippen LogP contribution in [0.5, 0.6) is 0 Å². The largest absolute Gasteiger partial charge is 0.478 e. The molecule has 0 aromatic heterocycles. The molecule has 0 aliphatic heterocycles. The summed E-state index contributed by atoms with van der Waals surface area (Å²) in [5.74, 6) is -2.96. The fraction of sp³-hybridized carbons (Fsp3) is 0. The van der Waals surface area contributed by atoms with Crippen LogP contribution in [0.1, 0.15) is 31.1 Å². The number of benzene rings is 7. The normalized spacial score (nSPS) is 10.8. The molecular formula is C45H30O6. The van der Waals surface area contributed by atoms with Gasteiger partial charge in [-0.15, -0.1) is 0 Å². The van der Waals surface area contributed by atoms with Crippen molar-refractivity contribution in [3.05, 3.63) is 180 Å². The van der Waals surface area contributed by atoms with Gasteiger partial charge >= 0.3 is 17.9 Å². The second-order valence-corrected chi connectivity index (χ2v) is 12.1. The Bertz CT molecular complexity index is 2140.